The molecule has 1 unspecified atom stereocenters. The molecule has 132 valence electrons. The first kappa shape index (κ1) is 17.2. The molecular formula is C19H29N3O2. The van der Waals surface area contributed by atoms with E-state index < -0.39 is 0 Å². The molecule has 1 aromatic carbocycles. The minimum Gasteiger partial charge on any atom is -0.379 e. The molecule has 3 rings (SSSR count). The molecule has 0 aromatic heterocycles. The maximum atomic E-state index is 12.4. The Morgan fingerprint density at radius 3 is 2.42 bits per heavy atom. The Hall–Kier alpha value is -1.59. The van der Waals surface area contributed by atoms with Crippen LogP contribution in [0.2, 0.25) is 0 Å². The van der Waals surface area contributed by atoms with Gasteiger partial charge in [-0.1, -0.05) is 25.1 Å². The van der Waals surface area contributed by atoms with Crippen LogP contribution in [0.4, 0.5) is 5.69 Å². The minimum absolute atomic E-state index is 0.158. The van der Waals surface area contributed by atoms with Crippen LogP contribution < -0.4 is 10.2 Å². The lowest BCUT2D eigenvalue weighted by Gasteiger charge is -2.41. The molecule has 1 atom stereocenters. The van der Waals surface area contributed by atoms with Gasteiger partial charge in [-0.3, -0.25) is 9.69 Å². The number of amides is 1. The van der Waals surface area contributed by atoms with Gasteiger partial charge in [-0.25, -0.2) is 0 Å². The first-order chi connectivity index (χ1) is 11.6. The maximum absolute atomic E-state index is 12.4. The van der Waals surface area contributed by atoms with Crippen LogP contribution in [0, 0.1) is 5.41 Å². The number of benzene rings is 1. The van der Waals surface area contributed by atoms with Gasteiger partial charge in [0.05, 0.1) is 18.6 Å². The predicted octanol–water partition coefficient (Wildman–Crippen LogP) is 1.74. The highest BCUT2D eigenvalue weighted by molar-refractivity contribution is 5.83. The lowest BCUT2D eigenvalue weighted by atomic mass is 9.82. The van der Waals surface area contributed by atoms with E-state index in [9.17, 15) is 4.79 Å². The second kappa shape index (κ2) is 7.53. The van der Waals surface area contributed by atoms with Crippen molar-refractivity contribution in [1.82, 2.24) is 10.2 Å². The van der Waals surface area contributed by atoms with Crippen molar-refractivity contribution in [2.75, 3.05) is 50.8 Å². The molecule has 1 N–H and O–H groups in total. The molecule has 0 spiro atoms. The summed E-state index contributed by atoms with van der Waals surface area (Å²) in [5.74, 6) is 0.158. The third kappa shape index (κ3) is 3.57. The smallest absolute Gasteiger partial charge is 0.230 e. The standard InChI is InChI=1S/C19H29N3O2/c1-3-19(14-24-15-19)18(23)20-13-16(2)21-9-11-22(12-10-21)17-7-5-4-6-8-17/h4-8,16H,3,9-15H2,1-2H3,(H,20,23). The molecule has 1 amide bonds. The lowest BCUT2D eigenvalue weighted by molar-refractivity contribution is -0.162. The number of hydrogen-bond donors (Lipinski definition) is 1. The molecule has 2 aliphatic heterocycles. The zero-order valence-electron chi connectivity index (χ0n) is 14.8. The SMILES string of the molecule is CCC1(C(=O)NCC(C)N2CCN(c3ccccc3)CC2)COC1. The summed E-state index contributed by atoms with van der Waals surface area (Å²) >= 11 is 0. The summed E-state index contributed by atoms with van der Waals surface area (Å²) in [4.78, 5) is 17.3. The third-order valence-corrected chi connectivity index (χ3v) is 5.53. The molecule has 5 heteroatoms. The fourth-order valence-electron chi connectivity index (χ4n) is 3.46. The topological polar surface area (TPSA) is 44.8 Å². The molecule has 1 aromatic rings. The van der Waals surface area contributed by atoms with Crippen molar-refractivity contribution in [3.63, 3.8) is 0 Å². The van der Waals surface area contributed by atoms with Crippen molar-refractivity contribution >= 4 is 11.6 Å². The van der Waals surface area contributed by atoms with Crippen LogP contribution >= 0.6 is 0 Å². The molecular weight excluding hydrogens is 302 g/mol. The van der Waals surface area contributed by atoms with E-state index in [0.29, 0.717) is 25.8 Å². The van der Waals surface area contributed by atoms with Gasteiger partial charge >= 0.3 is 0 Å². The van der Waals surface area contributed by atoms with Gasteiger partial charge in [0, 0.05) is 44.5 Å². The Balaban J connectivity index is 1.44. The molecule has 2 aliphatic rings. The van der Waals surface area contributed by atoms with E-state index in [2.05, 4.69) is 59.3 Å². The maximum Gasteiger partial charge on any atom is 0.230 e. The number of nitrogens with one attached hydrogen (secondary N) is 1. The Morgan fingerprint density at radius 1 is 1.21 bits per heavy atom. The van der Waals surface area contributed by atoms with Gasteiger partial charge in [-0.2, -0.15) is 0 Å². The van der Waals surface area contributed by atoms with E-state index in [0.717, 1.165) is 32.6 Å². The minimum atomic E-state index is -0.272. The van der Waals surface area contributed by atoms with Crippen molar-refractivity contribution in [2.45, 2.75) is 26.3 Å². The van der Waals surface area contributed by atoms with E-state index in [1.165, 1.54) is 5.69 Å². The largest absolute Gasteiger partial charge is 0.379 e. The first-order valence-electron chi connectivity index (χ1n) is 9.05. The highest BCUT2D eigenvalue weighted by atomic mass is 16.5. The summed E-state index contributed by atoms with van der Waals surface area (Å²) in [5, 5.41) is 3.14. The number of ether oxygens (including phenoxy) is 1. The number of carbonyl (C=O) groups is 1. The summed E-state index contributed by atoms with van der Waals surface area (Å²) in [6, 6.07) is 10.9. The normalized spacial score (nSPS) is 21.8. The monoisotopic (exact) mass is 331 g/mol. The second-order valence-corrected chi connectivity index (χ2v) is 7.04. The van der Waals surface area contributed by atoms with E-state index >= 15 is 0 Å². The van der Waals surface area contributed by atoms with Crippen LogP contribution in [0.1, 0.15) is 20.3 Å². The highest BCUT2D eigenvalue weighted by Crippen LogP contribution is 2.31. The van der Waals surface area contributed by atoms with Crippen LogP contribution in [-0.4, -0.2) is 62.8 Å². The molecule has 2 heterocycles. The molecule has 0 radical (unpaired) electrons. The Morgan fingerprint density at radius 2 is 1.88 bits per heavy atom. The van der Waals surface area contributed by atoms with Gasteiger partial charge in [0.2, 0.25) is 5.91 Å². The highest BCUT2D eigenvalue weighted by Gasteiger charge is 2.44. The zero-order valence-corrected chi connectivity index (χ0v) is 14.8. The van der Waals surface area contributed by atoms with Gasteiger partial charge < -0.3 is 15.0 Å². The van der Waals surface area contributed by atoms with Crippen LogP contribution in [0.15, 0.2) is 30.3 Å². The summed E-state index contributed by atoms with van der Waals surface area (Å²) < 4.78 is 5.25. The summed E-state index contributed by atoms with van der Waals surface area (Å²) in [5.41, 5.74) is 1.03. The molecule has 0 saturated carbocycles. The predicted molar refractivity (Wildman–Crippen MR) is 96.2 cm³/mol. The van der Waals surface area contributed by atoms with Crippen LogP contribution in [-0.2, 0) is 9.53 Å². The Bertz CT molecular complexity index is 531. The van der Waals surface area contributed by atoms with E-state index in [1.54, 1.807) is 0 Å². The average molecular weight is 331 g/mol. The van der Waals surface area contributed by atoms with Crippen molar-refractivity contribution in [3.8, 4) is 0 Å². The van der Waals surface area contributed by atoms with E-state index in [-0.39, 0.29) is 11.3 Å². The molecule has 2 fully saturated rings. The summed E-state index contributed by atoms with van der Waals surface area (Å²) in [6.07, 6.45) is 0.850. The van der Waals surface area contributed by atoms with Crippen LogP contribution in [0.3, 0.4) is 0 Å². The number of para-hydroxylation sites is 1. The molecule has 5 nitrogen and oxygen atoms in total. The van der Waals surface area contributed by atoms with Gasteiger partial charge in [0.15, 0.2) is 0 Å². The second-order valence-electron chi connectivity index (χ2n) is 7.04. The quantitative estimate of drug-likeness (QED) is 0.862. The van der Waals surface area contributed by atoms with Gasteiger partial charge in [0.1, 0.15) is 0 Å². The zero-order chi connectivity index (χ0) is 17.0. The van der Waals surface area contributed by atoms with Crippen molar-refractivity contribution in [3.05, 3.63) is 30.3 Å². The lowest BCUT2D eigenvalue weighted by Crippen LogP contribution is -2.57. The third-order valence-electron chi connectivity index (χ3n) is 5.53. The molecule has 2 saturated heterocycles. The molecule has 24 heavy (non-hydrogen) atoms. The van der Waals surface area contributed by atoms with Crippen molar-refractivity contribution in [2.24, 2.45) is 5.41 Å². The average Bonchev–Trinajstić information content (AvgIpc) is 2.60. The Labute approximate surface area is 145 Å². The number of carbonyl (C=O) groups excluding carboxylic acids is 1. The molecule has 0 aliphatic carbocycles. The van der Waals surface area contributed by atoms with Gasteiger partial charge in [-0.15, -0.1) is 0 Å². The fraction of sp³-hybridized carbons (Fsp3) is 0.632. The van der Waals surface area contributed by atoms with Gasteiger partial charge in [0.25, 0.3) is 0 Å². The van der Waals surface area contributed by atoms with E-state index in [1.807, 2.05) is 0 Å². The Kier molecular flexibility index (Phi) is 5.41. The van der Waals surface area contributed by atoms with Crippen molar-refractivity contribution in [1.29, 1.82) is 0 Å². The summed E-state index contributed by atoms with van der Waals surface area (Å²) in [7, 11) is 0. The first-order valence-corrected chi connectivity index (χ1v) is 9.05. The number of anilines is 1. The number of piperazine rings is 1. The van der Waals surface area contributed by atoms with E-state index in [4.69, 9.17) is 4.74 Å². The number of nitrogens with zero attached hydrogens (tertiary/aromatic N) is 2. The van der Waals surface area contributed by atoms with Gasteiger partial charge in [-0.05, 0) is 25.5 Å². The molecule has 0 bridgehead atoms. The number of rotatable bonds is 6. The summed E-state index contributed by atoms with van der Waals surface area (Å²) in [6.45, 7) is 10.3. The van der Waals surface area contributed by atoms with Crippen LogP contribution in [0.25, 0.3) is 0 Å². The fourth-order valence-corrected chi connectivity index (χ4v) is 3.46. The van der Waals surface area contributed by atoms with Crippen LogP contribution in [0.5, 0.6) is 0 Å². The number of hydrogen-bond acceptors (Lipinski definition) is 4. The van der Waals surface area contributed by atoms with Crippen molar-refractivity contribution < 1.29 is 9.53 Å².